The van der Waals surface area contributed by atoms with E-state index < -0.39 is 4.92 Å². The van der Waals surface area contributed by atoms with Crippen LogP contribution in [0.25, 0.3) is 0 Å². The van der Waals surface area contributed by atoms with Crippen LogP contribution in [0.4, 0.5) is 0 Å². The van der Waals surface area contributed by atoms with Gasteiger partial charge in [-0.05, 0) is 25.6 Å². The summed E-state index contributed by atoms with van der Waals surface area (Å²) in [4.78, 5) is 12.1. The second-order valence-electron chi connectivity index (χ2n) is 5.56. The molecule has 1 rings (SSSR count). The Morgan fingerprint density at radius 2 is 2.23 bits per heavy atom. The van der Waals surface area contributed by atoms with Crippen molar-refractivity contribution in [2.45, 2.75) is 19.2 Å². The highest BCUT2D eigenvalue weighted by Gasteiger charge is 2.09. The summed E-state index contributed by atoms with van der Waals surface area (Å²) in [6.07, 6.45) is 11.3. The minimum atomic E-state index is -0.524. The Balaban J connectivity index is 2.39. The highest BCUT2D eigenvalue weighted by molar-refractivity contribution is 7.98. The van der Waals surface area contributed by atoms with E-state index in [0.29, 0.717) is 25.5 Å². The second kappa shape index (κ2) is 11.9. The fourth-order valence-corrected chi connectivity index (χ4v) is 2.98. The van der Waals surface area contributed by atoms with Gasteiger partial charge in [-0.1, -0.05) is 11.8 Å². The van der Waals surface area contributed by atoms with Gasteiger partial charge in [0.2, 0.25) is 0 Å². The Bertz CT molecular complexity index is 700. The molecule has 8 heteroatoms. The van der Waals surface area contributed by atoms with Crippen LogP contribution in [-0.2, 0) is 12.3 Å². The Morgan fingerprint density at radius 1 is 1.46 bits per heavy atom. The maximum atomic E-state index is 10.6. The molecule has 0 saturated carbocycles. The summed E-state index contributed by atoms with van der Waals surface area (Å²) in [6, 6.07) is 2.03. The smallest absolute Gasteiger partial charge is 0.274 e. The molecule has 0 radical (unpaired) electrons. The zero-order valence-electron chi connectivity index (χ0n) is 15.1. The molecule has 2 N–H and O–H groups in total. The number of terminal acetylenes is 2. The van der Waals surface area contributed by atoms with E-state index in [9.17, 15) is 10.1 Å². The normalized spacial score (nSPS) is 11.0. The molecule has 0 atom stereocenters. The molecule has 0 spiro atoms. The molecule has 0 bridgehead atoms. The van der Waals surface area contributed by atoms with Crippen molar-refractivity contribution in [1.29, 1.82) is 0 Å². The maximum absolute atomic E-state index is 10.6. The lowest BCUT2D eigenvalue weighted by molar-refractivity contribution is -0.404. The predicted molar refractivity (Wildman–Crippen MR) is 105 cm³/mol. The molecule has 7 nitrogen and oxygen atoms in total. The van der Waals surface area contributed by atoms with E-state index >= 15 is 0 Å². The minimum absolute atomic E-state index is 0.225. The first-order valence-electron chi connectivity index (χ1n) is 8.00. The highest BCUT2D eigenvalue weighted by Crippen LogP contribution is 2.21. The van der Waals surface area contributed by atoms with Crippen LogP contribution in [0.2, 0.25) is 0 Å². The molecular formula is C18H24N4O3S. The number of nitrogens with one attached hydrogen (secondary N) is 2. The summed E-state index contributed by atoms with van der Waals surface area (Å²) in [6.45, 7) is 4.06. The van der Waals surface area contributed by atoms with E-state index in [2.05, 4.69) is 22.5 Å². The van der Waals surface area contributed by atoms with Crippen LogP contribution in [0.3, 0.4) is 0 Å². The Labute approximate surface area is 158 Å². The zero-order valence-corrected chi connectivity index (χ0v) is 15.9. The Hall–Kier alpha value is -2.55. The molecule has 0 aromatic carbocycles. The van der Waals surface area contributed by atoms with Crippen LogP contribution < -0.4 is 10.6 Å². The number of hydrogen-bond donors (Lipinski definition) is 2. The monoisotopic (exact) mass is 376 g/mol. The molecule has 1 aromatic heterocycles. The van der Waals surface area contributed by atoms with Gasteiger partial charge < -0.3 is 15.1 Å². The lowest BCUT2D eigenvalue weighted by Crippen LogP contribution is -2.29. The van der Waals surface area contributed by atoms with Gasteiger partial charge >= 0.3 is 0 Å². The average molecular weight is 376 g/mol. The number of furan rings is 1. The van der Waals surface area contributed by atoms with Crippen LogP contribution in [0.15, 0.2) is 22.5 Å². The van der Waals surface area contributed by atoms with E-state index in [1.165, 1.54) is 0 Å². The Kier molecular flexibility index (Phi) is 9.85. The van der Waals surface area contributed by atoms with Gasteiger partial charge in [-0.25, -0.2) is 0 Å². The third kappa shape index (κ3) is 8.52. The van der Waals surface area contributed by atoms with Gasteiger partial charge in [-0.3, -0.25) is 15.0 Å². The quantitative estimate of drug-likeness (QED) is 0.249. The van der Waals surface area contributed by atoms with Crippen molar-refractivity contribution in [3.05, 3.63) is 45.3 Å². The summed E-state index contributed by atoms with van der Waals surface area (Å²) in [5, 5.41) is 16.3. The molecule has 140 valence electrons. The lowest BCUT2D eigenvalue weighted by atomic mass is 10.3. The molecule has 26 heavy (non-hydrogen) atoms. The summed E-state index contributed by atoms with van der Waals surface area (Å²) in [5.74, 6) is 8.61. The van der Waals surface area contributed by atoms with Crippen molar-refractivity contribution in [3.63, 3.8) is 0 Å². The topological polar surface area (TPSA) is 83.6 Å². The summed E-state index contributed by atoms with van der Waals surface area (Å²) >= 11 is 1.68. The maximum Gasteiger partial charge on any atom is 0.274 e. The van der Waals surface area contributed by atoms with E-state index in [-0.39, 0.29) is 6.54 Å². The lowest BCUT2D eigenvalue weighted by Gasteiger charge is -2.10. The van der Waals surface area contributed by atoms with Crippen molar-refractivity contribution < 1.29 is 9.34 Å². The van der Waals surface area contributed by atoms with E-state index in [1.807, 2.05) is 24.9 Å². The molecule has 0 amide bonds. The van der Waals surface area contributed by atoms with Gasteiger partial charge in [-0.2, -0.15) is 11.8 Å². The van der Waals surface area contributed by atoms with Crippen molar-refractivity contribution in [2.75, 3.05) is 32.4 Å². The molecule has 1 aromatic rings. The summed E-state index contributed by atoms with van der Waals surface area (Å²) < 4.78 is 5.88. The van der Waals surface area contributed by atoms with Crippen molar-refractivity contribution in [2.24, 2.45) is 0 Å². The van der Waals surface area contributed by atoms with Crippen molar-refractivity contribution >= 4 is 11.8 Å². The standard InChI is InChI=1S/C18H24N4O3S/c1-5-7-19-18(13-22(23)24)20-8-10-26-14-17-15(3)11-16(25-17)12-21(4)9-6-2/h1-2,11,13,19-20H,7-10,12,14H2,3-4H3/b18-13-. The number of hydrogen-bond acceptors (Lipinski definition) is 7. The van der Waals surface area contributed by atoms with E-state index in [4.69, 9.17) is 17.3 Å². The fraction of sp³-hybridized carbons (Fsp3) is 0.444. The third-order valence-corrected chi connectivity index (χ3v) is 4.23. The number of aryl methyl sites for hydroxylation is 1. The molecule has 1 heterocycles. The van der Waals surface area contributed by atoms with Crippen LogP contribution in [0.1, 0.15) is 17.1 Å². The molecular weight excluding hydrogens is 352 g/mol. The zero-order chi connectivity index (χ0) is 19.4. The molecule has 0 unspecified atom stereocenters. The molecule has 0 aliphatic rings. The Morgan fingerprint density at radius 3 is 2.88 bits per heavy atom. The van der Waals surface area contributed by atoms with Gasteiger partial charge in [0, 0.05) is 12.3 Å². The molecule has 0 saturated heterocycles. The summed E-state index contributed by atoms with van der Waals surface area (Å²) in [5.41, 5.74) is 1.11. The van der Waals surface area contributed by atoms with Gasteiger partial charge in [0.25, 0.3) is 6.20 Å². The third-order valence-electron chi connectivity index (χ3n) is 3.27. The number of nitro groups is 1. The van der Waals surface area contributed by atoms with Crippen LogP contribution in [-0.4, -0.2) is 42.3 Å². The average Bonchev–Trinajstić information content (AvgIpc) is 2.91. The van der Waals surface area contributed by atoms with Crippen LogP contribution in [0, 0.1) is 41.7 Å². The highest BCUT2D eigenvalue weighted by atomic mass is 32.2. The van der Waals surface area contributed by atoms with Crippen molar-refractivity contribution in [3.8, 4) is 24.7 Å². The van der Waals surface area contributed by atoms with Gasteiger partial charge in [-0.15, -0.1) is 12.8 Å². The molecule has 0 fully saturated rings. The van der Waals surface area contributed by atoms with E-state index in [0.717, 1.165) is 34.8 Å². The first-order chi connectivity index (χ1) is 12.5. The van der Waals surface area contributed by atoms with E-state index in [1.54, 1.807) is 11.8 Å². The van der Waals surface area contributed by atoms with Crippen LogP contribution >= 0.6 is 11.8 Å². The van der Waals surface area contributed by atoms with Gasteiger partial charge in [0.15, 0.2) is 5.82 Å². The van der Waals surface area contributed by atoms with Crippen LogP contribution in [0.5, 0.6) is 0 Å². The predicted octanol–water partition coefficient (Wildman–Crippen LogP) is 1.77. The SMILES string of the molecule is C#CCN/C(=C/[N+](=O)[O-])NCCSCc1oc(CN(C)CC#C)cc1C. The summed E-state index contributed by atoms with van der Waals surface area (Å²) in [7, 11) is 1.95. The first kappa shape index (κ1) is 21.5. The minimum Gasteiger partial charge on any atom is -0.464 e. The number of thioether (sulfide) groups is 1. The van der Waals surface area contributed by atoms with Gasteiger partial charge in [0.1, 0.15) is 11.5 Å². The number of rotatable bonds is 12. The molecule has 0 aliphatic carbocycles. The largest absolute Gasteiger partial charge is 0.464 e. The van der Waals surface area contributed by atoms with Gasteiger partial charge in [0.05, 0.1) is 30.3 Å². The number of nitrogens with zero attached hydrogens (tertiary/aromatic N) is 2. The first-order valence-corrected chi connectivity index (χ1v) is 9.16. The second-order valence-corrected chi connectivity index (χ2v) is 6.67. The molecule has 0 aliphatic heterocycles. The van der Waals surface area contributed by atoms with Crippen molar-refractivity contribution in [1.82, 2.24) is 15.5 Å². The fourth-order valence-electron chi connectivity index (χ4n) is 2.12.